The summed E-state index contributed by atoms with van der Waals surface area (Å²) in [7, 11) is 0. The molecule has 1 aliphatic rings. The lowest BCUT2D eigenvalue weighted by atomic mass is 9.96. The Balaban J connectivity index is 1.02. The van der Waals surface area contributed by atoms with Crippen LogP contribution in [-0.4, -0.2) is 4.57 Å². The first-order chi connectivity index (χ1) is 28.3. The highest BCUT2D eigenvalue weighted by molar-refractivity contribution is 7.25. The van der Waals surface area contributed by atoms with Crippen LogP contribution in [0.2, 0.25) is 0 Å². The molecule has 11 aromatic rings. The van der Waals surface area contributed by atoms with E-state index in [0.29, 0.717) is 0 Å². The summed E-state index contributed by atoms with van der Waals surface area (Å²) in [6.07, 6.45) is -0.473. The van der Waals surface area contributed by atoms with E-state index in [2.05, 4.69) is 197 Å². The summed E-state index contributed by atoms with van der Waals surface area (Å²) in [5.41, 5.74) is 11.0. The zero-order chi connectivity index (χ0) is 37.5. The van der Waals surface area contributed by atoms with Gasteiger partial charge in [-0.1, -0.05) is 163 Å². The third-order valence-electron chi connectivity index (χ3n) is 11.6. The van der Waals surface area contributed by atoms with Gasteiger partial charge in [0.15, 0.2) is 5.58 Å². The Hall–Kier alpha value is -6.54. The van der Waals surface area contributed by atoms with E-state index in [-0.39, 0.29) is 18.5 Å². The van der Waals surface area contributed by atoms with Crippen LogP contribution in [0, 0.1) is 0 Å². The van der Waals surface area contributed by atoms with E-state index in [0.717, 1.165) is 49.9 Å². The molecule has 0 saturated carbocycles. The van der Waals surface area contributed by atoms with Crippen LogP contribution >= 0.6 is 11.3 Å². The van der Waals surface area contributed by atoms with Crippen molar-refractivity contribution in [3.8, 4) is 16.8 Å². The Morgan fingerprint density at radius 3 is 1.86 bits per heavy atom. The number of furan rings is 1. The van der Waals surface area contributed by atoms with Crippen molar-refractivity contribution in [3.63, 3.8) is 0 Å². The number of hydrogen-bond acceptors (Lipinski definition) is 4. The van der Waals surface area contributed by atoms with Gasteiger partial charge in [0.2, 0.25) is 0 Å². The fourth-order valence-electron chi connectivity index (χ4n) is 9.11. The monoisotopic (exact) mass is 751 g/mol. The lowest BCUT2D eigenvalue weighted by molar-refractivity contribution is 0.318. The Morgan fingerprint density at radius 1 is 0.509 bits per heavy atom. The molecule has 2 N–H and O–H groups in total. The normalized spacial score (nSPS) is 17.4. The highest BCUT2D eigenvalue weighted by atomic mass is 32.1. The Kier molecular flexibility index (Phi) is 7.46. The van der Waals surface area contributed by atoms with Gasteiger partial charge >= 0.3 is 0 Å². The van der Waals surface area contributed by atoms with Crippen molar-refractivity contribution in [2.45, 2.75) is 18.5 Å². The molecule has 1 saturated heterocycles. The molecular formula is C51H35N4OS-. The van der Waals surface area contributed by atoms with E-state index in [1.165, 1.54) is 47.5 Å². The lowest BCUT2D eigenvalue weighted by Gasteiger charge is -2.50. The smallest absolute Gasteiger partial charge is 0.159 e. The van der Waals surface area contributed by atoms with E-state index in [1.54, 1.807) is 0 Å². The highest BCUT2D eigenvalue weighted by Crippen LogP contribution is 2.45. The largest absolute Gasteiger partial charge is 0.624 e. The fourth-order valence-corrected chi connectivity index (χ4v) is 10.2. The standard InChI is InChI=1S/C51H35N4OS/c1-3-14-31(15-4-1)49-52-50(32-16-5-2-6-17-32)54-51(53-49)38-22-13-27-45-47(38)39-30-33(28-29-44(39)57-45)34-20-12-26-43-46(34)37-21-11-25-42(48(37)56-43)55-40-23-9-7-18-35(40)36-19-8-10-24-41(36)55/h1-30,49-51,53-54H/q-1. The van der Waals surface area contributed by atoms with Gasteiger partial charge in [-0.3, -0.25) is 0 Å². The van der Waals surface area contributed by atoms with Crippen LogP contribution in [0.25, 0.3) is 86.0 Å². The second-order valence-electron chi connectivity index (χ2n) is 14.9. The highest BCUT2D eigenvalue weighted by Gasteiger charge is 2.25. The molecule has 57 heavy (non-hydrogen) atoms. The molecule has 2 unspecified atom stereocenters. The Morgan fingerprint density at radius 2 is 1.14 bits per heavy atom. The third-order valence-corrected chi connectivity index (χ3v) is 12.8. The van der Waals surface area contributed by atoms with Crippen LogP contribution in [0.5, 0.6) is 0 Å². The molecule has 4 heterocycles. The van der Waals surface area contributed by atoms with Crippen molar-refractivity contribution in [3.05, 3.63) is 204 Å². The Labute approximate surface area is 332 Å². The van der Waals surface area contributed by atoms with Crippen molar-refractivity contribution >= 4 is 75.3 Å². The number of thiophene rings is 1. The number of fused-ring (bicyclic) bond motifs is 9. The molecule has 3 aromatic heterocycles. The number of aromatic nitrogens is 1. The average Bonchev–Trinajstić information content (AvgIpc) is 3.96. The molecule has 0 bridgehead atoms. The first-order valence-electron chi connectivity index (χ1n) is 19.5. The lowest BCUT2D eigenvalue weighted by Crippen LogP contribution is -2.44. The van der Waals surface area contributed by atoms with Crippen molar-refractivity contribution < 1.29 is 4.42 Å². The minimum absolute atomic E-state index is 0.136. The van der Waals surface area contributed by atoms with E-state index in [9.17, 15) is 0 Å². The van der Waals surface area contributed by atoms with Gasteiger partial charge in [-0.2, -0.15) is 0 Å². The molecule has 8 aromatic carbocycles. The predicted molar refractivity (Wildman–Crippen MR) is 237 cm³/mol. The molecule has 0 radical (unpaired) electrons. The number of rotatable bonds is 5. The predicted octanol–water partition coefficient (Wildman–Crippen LogP) is 13.7. The molecule has 2 atom stereocenters. The van der Waals surface area contributed by atoms with Crippen LogP contribution < -0.4 is 10.6 Å². The van der Waals surface area contributed by atoms with Crippen LogP contribution in [0.4, 0.5) is 0 Å². The van der Waals surface area contributed by atoms with Crippen molar-refractivity contribution in [1.29, 1.82) is 0 Å². The van der Waals surface area contributed by atoms with Gasteiger partial charge in [-0.05, 0) is 59.2 Å². The average molecular weight is 752 g/mol. The minimum atomic E-state index is -0.169. The van der Waals surface area contributed by atoms with Crippen LogP contribution in [0.1, 0.15) is 35.2 Å². The van der Waals surface area contributed by atoms with E-state index >= 15 is 0 Å². The topological polar surface area (TPSA) is 56.2 Å². The first kappa shape index (κ1) is 32.7. The van der Waals surface area contributed by atoms with Gasteiger partial charge < -0.3 is 24.9 Å². The van der Waals surface area contributed by atoms with Gasteiger partial charge in [0.1, 0.15) is 5.58 Å². The Bertz CT molecular complexity index is 3210. The summed E-state index contributed by atoms with van der Waals surface area (Å²) in [6, 6.07) is 65.0. The van der Waals surface area contributed by atoms with Crippen LogP contribution in [0.3, 0.4) is 0 Å². The zero-order valence-electron chi connectivity index (χ0n) is 30.8. The summed E-state index contributed by atoms with van der Waals surface area (Å²) in [5.74, 6) is 0. The molecule has 272 valence electrons. The van der Waals surface area contributed by atoms with Gasteiger partial charge in [-0.25, -0.2) is 0 Å². The molecule has 1 aliphatic heterocycles. The minimum Gasteiger partial charge on any atom is -0.624 e. The van der Waals surface area contributed by atoms with Gasteiger partial charge in [0, 0.05) is 41.7 Å². The number of benzene rings is 8. The van der Waals surface area contributed by atoms with Crippen LogP contribution in [-0.2, 0) is 0 Å². The molecule has 12 rings (SSSR count). The SMILES string of the molecule is c1ccc(C2[N-]C(c3ccccc3)NC(c3cccc4sc5ccc(-c6cccc7oc8c(-n9c%10ccccc%10c%10ccccc%109)cccc8c67)cc5c34)N2)cc1. The summed E-state index contributed by atoms with van der Waals surface area (Å²) in [6.45, 7) is 0. The second kappa shape index (κ2) is 13.0. The molecular weight excluding hydrogens is 717 g/mol. The first-order valence-corrected chi connectivity index (χ1v) is 20.3. The fraction of sp³-hybridized carbons (Fsp3) is 0.0588. The van der Waals surface area contributed by atoms with Gasteiger partial charge in [0.25, 0.3) is 0 Å². The van der Waals surface area contributed by atoms with Gasteiger partial charge in [0.05, 0.1) is 22.9 Å². The second-order valence-corrected chi connectivity index (χ2v) is 16.0. The van der Waals surface area contributed by atoms with Gasteiger partial charge in [-0.15, -0.1) is 11.3 Å². The van der Waals surface area contributed by atoms with E-state index < -0.39 is 0 Å². The summed E-state index contributed by atoms with van der Waals surface area (Å²) in [4.78, 5) is 0. The summed E-state index contributed by atoms with van der Waals surface area (Å²) >= 11 is 1.85. The molecule has 0 aliphatic carbocycles. The molecule has 0 spiro atoms. The van der Waals surface area contributed by atoms with E-state index in [4.69, 9.17) is 9.73 Å². The van der Waals surface area contributed by atoms with Crippen molar-refractivity contribution in [2.24, 2.45) is 0 Å². The number of nitrogens with zero attached hydrogens (tertiary/aromatic N) is 2. The summed E-state index contributed by atoms with van der Waals surface area (Å²) < 4.78 is 11.7. The van der Waals surface area contributed by atoms with E-state index in [1.807, 2.05) is 11.3 Å². The molecule has 1 fully saturated rings. The maximum atomic E-state index is 6.86. The van der Waals surface area contributed by atoms with Crippen LogP contribution in [0.15, 0.2) is 186 Å². The van der Waals surface area contributed by atoms with Crippen molar-refractivity contribution in [1.82, 2.24) is 15.2 Å². The maximum Gasteiger partial charge on any atom is 0.159 e. The number of nitrogens with one attached hydrogen (secondary N) is 2. The van der Waals surface area contributed by atoms with Crippen molar-refractivity contribution in [2.75, 3.05) is 0 Å². The maximum absolute atomic E-state index is 6.86. The molecule has 6 heteroatoms. The molecule has 5 nitrogen and oxygen atoms in total. The molecule has 0 amide bonds. The summed E-state index contributed by atoms with van der Waals surface area (Å²) in [5, 5.41) is 20.2. The third kappa shape index (κ3) is 5.19. The number of para-hydroxylation sites is 3. The zero-order valence-corrected chi connectivity index (χ0v) is 31.6. The quantitative estimate of drug-likeness (QED) is 0.184. The number of hydrogen-bond donors (Lipinski definition) is 2.